The number of primary amides is 1. The molecule has 7 nitrogen and oxygen atoms in total. The van der Waals surface area contributed by atoms with Crippen LogP contribution in [0, 0.1) is 5.92 Å². The monoisotopic (exact) mass is 246 g/mol. The number of aromatic amines is 1. The van der Waals surface area contributed by atoms with Crippen molar-refractivity contribution >= 4 is 22.8 Å². The summed E-state index contributed by atoms with van der Waals surface area (Å²) in [5.74, 6) is 0.658. The molecule has 0 aromatic carbocycles. The van der Waals surface area contributed by atoms with Crippen molar-refractivity contribution in [3.05, 3.63) is 12.5 Å². The molecule has 94 valence electrons. The van der Waals surface area contributed by atoms with Gasteiger partial charge in [-0.15, -0.1) is 0 Å². The minimum atomic E-state index is -0.203. The largest absolute Gasteiger partial charge is 0.369 e. The van der Waals surface area contributed by atoms with E-state index in [1.54, 1.807) is 6.20 Å². The van der Waals surface area contributed by atoms with Crippen LogP contribution in [-0.4, -0.2) is 39.2 Å². The SMILES string of the molecule is NC(=O)C1CCN(c2ncnc3[nH]ncc23)CC1. The molecule has 3 heterocycles. The van der Waals surface area contributed by atoms with Crippen LogP contribution in [0.3, 0.4) is 0 Å². The highest BCUT2D eigenvalue weighted by Gasteiger charge is 2.24. The first kappa shape index (κ1) is 10.9. The zero-order chi connectivity index (χ0) is 12.5. The molecule has 2 aromatic rings. The topological polar surface area (TPSA) is 101 Å². The molecule has 3 rings (SSSR count). The van der Waals surface area contributed by atoms with Gasteiger partial charge in [-0.3, -0.25) is 9.89 Å². The molecule has 1 saturated heterocycles. The Labute approximate surface area is 103 Å². The molecule has 0 aliphatic carbocycles. The summed E-state index contributed by atoms with van der Waals surface area (Å²) < 4.78 is 0. The van der Waals surface area contributed by atoms with Crippen molar-refractivity contribution in [2.45, 2.75) is 12.8 Å². The second kappa shape index (κ2) is 4.25. The second-order valence-electron chi connectivity index (χ2n) is 4.49. The number of rotatable bonds is 2. The third-order valence-corrected chi connectivity index (χ3v) is 3.42. The maximum Gasteiger partial charge on any atom is 0.220 e. The third kappa shape index (κ3) is 1.77. The number of hydrogen-bond donors (Lipinski definition) is 2. The zero-order valence-electron chi connectivity index (χ0n) is 9.83. The normalized spacial score (nSPS) is 17.2. The Hall–Kier alpha value is -2.18. The van der Waals surface area contributed by atoms with Crippen LogP contribution in [0.25, 0.3) is 11.0 Å². The van der Waals surface area contributed by atoms with E-state index in [1.807, 2.05) is 0 Å². The lowest BCUT2D eigenvalue weighted by atomic mass is 9.96. The molecule has 0 spiro atoms. The van der Waals surface area contributed by atoms with Crippen LogP contribution in [0.1, 0.15) is 12.8 Å². The van der Waals surface area contributed by atoms with Gasteiger partial charge < -0.3 is 10.6 Å². The molecule has 1 fully saturated rings. The van der Waals surface area contributed by atoms with Crippen molar-refractivity contribution in [1.29, 1.82) is 0 Å². The van der Waals surface area contributed by atoms with Gasteiger partial charge in [-0.25, -0.2) is 9.97 Å². The Morgan fingerprint density at radius 2 is 2.17 bits per heavy atom. The summed E-state index contributed by atoms with van der Waals surface area (Å²) in [7, 11) is 0. The number of fused-ring (bicyclic) bond motifs is 1. The lowest BCUT2D eigenvalue weighted by molar-refractivity contribution is -0.122. The lowest BCUT2D eigenvalue weighted by Crippen LogP contribution is -2.39. The summed E-state index contributed by atoms with van der Waals surface area (Å²) in [5.41, 5.74) is 6.06. The van der Waals surface area contributed by atoms with Gasteiger partial charge in [-0.2, -0.15) is 5.10 Å². The van der Waals surface area contributed by atoms with Crippen LogP contribution >= 0.6 is 0 Å². The fourth-order valence-corrected chi connectivity index (χ4v) is 2.38. The predicted molar refractivity (Wildman–Crippen MR) is 65.8 cm³/mol. The van der Waals surface area contributed by atoms with Gasteiger partial charge in [0, 0.05) is 19.0 Å². The summed E-state index contributed by atoms with van der Waals surface area (Å²) in [6.07, 6.45) is 4.80. The van der Waals surface area contributed by atoms with E-state index in [1.165, 1.54) is 6.33 Å². The maximum absolute atomic E-state index is 11.1. The highest BCUT2D eigenvalue weighted by atomic mass is 16.1. The molecule has 0 saturated carbocycles. The first-order valence-electron chi connectivity index (χ1n) is 5.94. The summed E-state index contributed by atoms with van der Waals surface area (Å²) in [6, 6.07) is 0. The summed E-state index contributed by atoms with van der Waals surface area (Å²) >= 11 is 0. The summed E-state index contributed by atoms with van der Waals surface area (Å²) in [4.78, 5) is 21.7. The van der Waals surface area contributed by atoms with Gasteiger partial charge >= 0.3 is 0 Å². The molecule has 18 heavy (non-hydrogen) atoms. The van der Waals surface area contributed by atoms with E-state index in [-0.39, 0.29) is 11.8 Å². The van der Waals surface area contributed by atoms with E-state index in [0.29, 0.717) is 0 Å². The minimum absolute atomic E-state index is 0.0112. The Balaban J connectivity index is 1.84. The number of nitrogens with one attached hydrogen (secondary N) is 1. The number of H-pyrrole nitrogens is 1. The van der Waals surface area contributed by atoms with Crippen LogP contribution in [0.2, 0.25) is 0 Å². The van der Waals surface area contributed by atoms with E-state index >= 15 is 0 Å². The van der Waals surface area contributed by atoms with E-state index < -0.39 is 0 Å². The molecule has 3 N–H and O–H groups in total. The number of carbonyl (C=O) groups is 1. The van der Waals surface area contributed by atoms with Crippen molar-refractivity contribution in [2.75, 3.05) is 18.0 Å². The van der Waals surface area contributed by atoms with Crippen molar-refractivity contribution in [1.82, 2.24) is 20.2 Å². The number of anilines is 1. The highest BCUT2D eigenvalue weighted by molar-refractivity contribution is 5.86. The number of nitrogens with two attached hydrogens (primary N) is 1. The molecular formula is C11H14N6O. The average Bonchev–Trinajstić information content (AvgIpc) is 2.87. The van der Waals surface area contributed by atoms with E-state index in [0.717, 1.165) is 42.8 Å². The van der Waals surface area contributed by atoms with Gasteiger partial charge in [-0.1, -0.05) is 0 Å². The van der Waals surface area contributed by atoms with Gasteiger partial charge in [-0.05, 0) is 12.8 Å². The third-order valence-electron chi connectivity index (χ3n) is 3.42. The Bertz CT molecular complexity index is 572. The molecule has 1 aliphatic heterocycles. The standard InChI is InChI=1S/C11H14N6O/c12-9(18)7-1-3-17(4-2-7)11-8-5-15-16-10(8)13-6-14-11/h5-7H,1-4H2,(H2,12,18)(H,13,14,15,16). The van der Waals surface area contributed by atoms with E-state index in [9.17, 15) is 4.79 Å². The number of carbonyl (C=O) groups excluding carboxylic acids is 1. The quantitative estimate of drug-likeness (QED) is 0.780. The lowest BCUT2D eigenvalue weighted by Gasteiger charge is -2.31. The van der Waals surface area contributed by atoms with Crippen molar-refractivity contribution in [3.8, 4) is 0 Å². The van der Waals surface area contributed by atoms with Gasteiger partial charge in [0.25, 0.3) is 0 Å². The van der Waals surface area contributed by atoms with Crippen molar-refractivity contribution in [3.63, 3.8) is 0 Å². The van der Waals surface area contributed by atoms with Gasteiger partial charge in [0.1, 0.15) is 12.1 Å². The Morgan fingerprint density at radius 1 is 1.39 bits per heavy atom. The first-order valence-corrected chi connectivity index (χ1v) is 5.94. The van der Waals surface area contributed by atoms with E-state index in [4.69, 9.17) is 5.73 Å². The van der Waals surface area contributed by atoms with Crippen LogP contribution in [-0.2, 0) is 4.79 Å². The smallest absolute Gasteiger partial charge is 0.220 e. The van der Waals surface area contributed by atoms with Gasteiger partial charge in [0.2, 0.25) is 5.91 Å². The van der Waals surface area contributed by atoms with Crippen LogP contribution < -0.4 is 10.6 Å². The van der Waals surface area contributed by atoms with Crippen LogP contribution in [0.4, 0.5) is 5.82 Å². The van der Waals surface area contributed by atoms with E-state index in [2.05, 4.69) is 25.1 Å². The van der Waals surface area contributed by atoms with Crippen molar-refractivity contribution < 1.29 is 4.79 Å². The van der Waals surface area contributed by atoms with Crippen molar-refractivity contribution in [2.24, 2.45) is 11.7 Å². The Kier molecular flexibility index (Phi) is 2.58. The molecule has 1 amide bonds. The minimum Gasteiger partial charge on any atom is -0.369 e. The molecule has 7 heteroatoms. The number of aromatic nitrogens is 4. The molecule has 0 unspecified atom stereocenters. The zero-order valence-corrected chi connectivity index (χ0v) is 9.83. The number of hydrogen-bond acceptors (Lipinski definition) is 5. The number of amides is 1. The molecule has 2 aromatic heterocycles. The van der Waals surface area contributed by atoms with Gasteiger partial charge in [0.05, 0.1) is 11.6 Å². The first-order chi connectivity index (χ1) is 8.75. The number of piperidine rings is 1. The summed E-state index contributed by atoms with van der Waals surface area (Å²) in [6.45, 7) is 1.57. The summed E-state index contributed by atoms with van der Waals surface area (Å²) in [5, 5.41) is 7.71. The van der Waals surface area contributed by atoms with Crippen LogP contribution in [0.5, 0.6) is 0 Å². The molecule has 1 aliphatic rings. The predicted octanol–water partition coefficient (Wildman–Crippen LogP) is 0.0546. The highest BCUT2D eigenvalue weighted by Crippen LogP contribution is 2.26. The molecular weight excluding hydrogens is 232 g/mol. The molecule has 0 atom stereocenters. The molecule has 0 bridgehead atoms. The average molecular weight is 246 g/mol. The Morgan fingerprint density at radius 3 is 2.89 bits per heavy atom. The van der Waals surface area contributed by atoms with Crippen LogP contribution in [0.15, 0.2) is 12.5 Å². The maximum atomic E-state index is 11.1. The second-order valence-corrected chi connectivity index (χ2v) is 4.49. The fourth-order valence-electron chi connectivity index (χ4n) is 2.38. The molecule has 0 radical (unpaired) electrons. The van der Waals surface area contributed by atoms with Gasteiger partial charge in [0.15, 0.2) is 5.65 Å². The fraction of sp³-hybridized carbons (Fsp3) is 0.455. The number of nitrogens with zero attached hydrogens (tertiary/aromatic N) is 4.